The Labute approximate surface area is 334 Å². The van der Waals surface area contributed by atoms with Crippen molar-refractivity contribution < 1.29 is 24.9 Å². The van der Waals surface area contributed by atoms with Gasteiger partial charge in [0.25, 0.3) is 0 Å². The number of allylic oxidation sites excluding steroid dienone is 4. The molecule has 6 bridgehead atoms. The molecular weight excluding hydrogens is 695 g/mol. The van der Waals surface area contributed by atoms with E-state index in [-0.39, 0.29) is 46.6 Å². The van der Waals surface area contributed by atoms with Gasteiger partial charge in [-0.2, -0.15) is 0 Å². The molecule has 0 radical (unpaired) electrons. The predicted octanol–water partition coefficient (Wildman–Crippen LogP) is 8.56. The van der Waals surface area contributed by atoms with E-state index in [0.717, 1.165) is 73.1 Å². The summed E-state index contributed by atoms with van der Waals surface area (Å²) in [6, 6.07) is 20.0. The van der Waals surface area contributed by atoms with Gasteiger partial charge >= 0.3 is 0 Å². The molecule has 10 aliphatic carbocycles. The number of benzene rings is 2. The number of ketones is 1. The zero-order valence-electron chi connectivity index (χ0n) is 33.9. The summed E-state index contributed by atoms with van der Waals surface area (Å²) in [5.74, 6) is 2.99. The van der Waals surface area contributed by atoms with Gasteiger partial charge in [0.2, 0.25) is 0 Å². The number of aliphatic hydroxyl groups excluding tert-OH is 2. The van der Waals surface area contributed by atoms with E-state index in [9.17, 15) is 20.1 Å². The first-order chi connectivity index (χ1) is 26.9. The molecule has 0 heterocycles. The van der Waals surface area contributed by atoms with Crippen LogP contribution in [0.25, 0.3) is 0 Å². The summed E-state index contributed by atoms with van der Waals surface area (Å²) in [6.07, 6.45) is 20.1. The highest BCUT2D eigenvalue weighted by Crippen LogP contribution is 2.78. The summed E-state index contributed by atoms with van der Waals surface area (Å²) in [7, 11) is 0. The lowest BCUT2D eigenvalue weighted by Gasteiger charge is -2.71. The molecule has 6 nitrogen and oxygen atoms in total. The summed E-state index contributed by atoms with van der Waals surface area (Å²) >= 11 is 0. The van der Waals surface area contributed by atoms with E-state index in [1.165, 1.54) is 38.5 Å². The number of carbonyl (C=O) groups is 1. The average molecular weight is 760 g/mol. The second kappa shape index (κ2) is 13.5. The molecule has 0 saturated heterocycles. The zero-order valence-corrected chi connectivity index (χ0v) is 33.9. The second-order valence-electron chi connectivity index (χ2n) is 21.2. The zero-order chi connectivity index (χ0) is 38.6. The lowest BCUT2D eigenvalue weighted by atomic mass is 9.32. The predicted molar refractivity (Wildman–Crippen MR) is 218 cm³/mol. The topological polar surface area (TPSA) is 90.2 Å². The molecular formula is C50H65NO5. The Morgan fingerprint density at radius 1 is 0.804 bits per heavy atom. The maximum absolute atomic E-state index is 14.9. The minimum Gasteiger partial charge on any atom is -0.393 e. The molecule has 1 unspecified atom stereocenters. The van der Waals surface area contributed by atoms with Crippen LogP contribution in [0.5, 0.6) is 0 Å². The number of aliphatic hydroxyl groups is 3. The van der Waals surface area contributed by atoms with E-state index >= 15 is 0 Å². The van der Waals surface area contributed by atoms with E-state index < -0.39 is 22.5 Å². The number of carbonyl (C=O) groups excluding carboxylic acids is 1. The highest BCUT2D eigenvalue weighted by atomic mass is 16.5. The maximum Gasteiger partial charge on any atom is 0.189 e. The SMILES string of the molecule is C[C@]12CC[C@H]3[C@]4(C=C[C@@]5(C=C4C(=O)c4ccccc4)CC(O)CC[C@]35C)[C@@H]1CC[C@@]2(O)CN(C[C@@H](O)COCc1ccccc1)CC12CC3CC(CC(C3)C1)C2. The Balaban J connectivity index is 0.973. The third-order valence-electron chi connectivity index (χ3n) is 18.1. The van der Waals surface area contributed by atoms with Crippen LogP contribution in [0.2, 0.25) is 0 Å². The fraction of sp³-hybridized carbons (Fsp3) is 0.660. The smallest absolute Gasteiger partial charge is 0.189 e. The maximum atomic E-state index is 14.9. The molecule has 7 fully saturated rings. The lowest BCUT2D eigenvalue weighted by Crippen LogP contribution is -2.67. The van der Waals surface area contributed by atoms with Gasteiger partial charge in [-0.1, -0.05) is 92.7 Å². The van der Waals surface area contributed by atoms with E-state index in [0.29, 0.717) is 32.5 Å². The number of nitrogens with zero attached hydrogens (tertiary/aromatic N) is 1. The molecule has 2 spiro atoms. The molecule has 300 valence electrons. The third kappa shape index (κ3) is 5.69. The van der Waals surface area contributed by atoms with Crippen molar-refractivity contribution in [3.8, 4) is 0 Å². The van der Waals surface area contributed by atoms with E-state index in [4.69, 9.17) is 4.74 Å². The Morgan fingerprint density at radius 2 is 1.43 bits per heavy atom. The molecule has 2 aromatic carbocycles. The molecule has 10 aliphatic rings. The van der Waals surface area contributed by atoms with Crippen LogP contribution in [0.3, 0.4) is 0 Å². The van der Waals surface area contributed by atoms with Gasteiger partial charge in [-0.05, 0) is 129 Å². The molecule has 56 heavy (non-hydrogen) atoms. The van der Waals surface area contributed by atoms with Crippen LogP contribution < -0.4 is 0 Å². The fourth-order valence-electron chi connectivity index (χ4n) is 16.1. The van der Waals surface area contributed by atoms with Crippen molar-refractivity contribution in [2.75, 3.05) is 26.2 Å². The first-order valence-electron chi connectivity index (χ1n) is 22.3. The van der Waals surface area contributed by atoms with E-state index in [1.807, 2.05) is 48.5 Å². The first-order valence-corrected chi connectivity index (χ1v) is 22.3. The molecule has 7 saturated carbocycles. The van der Waals surface area contributed by atoms with Gasteiger partial charge in [0, 0.05) is 47.0 Å². The van der Waals surface area contributed by atoms with Crippen molar-refractivity contribution in [1.29, 1.82) is 0 Å². The van der Waals surface area contributed by atoms with Crippen LogP contribution in [0, 0.1) is 56.7 Å². The van der Waals surface area contributed by atoms with Gasteiger partial charge in [-0.3, -0.25) is 9.69 Å². The van der Waals surface area contributed by atoms with Crippen LogP contribution >= 0.6 is 0 Å². The van der Waals surface area contributed by atoms with Gasteiger partial charge < -0.3 is 20.1 Å². The van der Waals surface area contributed by atoms with E-state index in [2.05, 4.69) is 49.1 Å². The summed E-state index contributed by atoms with van der Waals surface area (Å²) in [4.78, 5) is 17.4. The first kappa shape index (κ1) is 37.6. The third-order valence-corrected chi connectivity index (χ3v) is 18.1. The molecule has 9 atom stereocenters. The van der Waals surface area contributed by atoms with Gasteiger partial charge in [-0.15, -0.1) is 0 Å². The van der Waals surface area contributed by atoms with Crippen molar-refractivity contribution in [2.45, 2.75) is 122 Å². The number of fused-ring (bicyclic) bond motifs is 1. The second-order valence-corrected chi connectivity index (χ2v) is 21.2. The normalized spacial score (nSPS) is 44.6. The monoisotopic (exact) mass is 759 g/mol. The Kier molecular flexibility index (Phi) is 9.05. The Morgan fingerprint density at radius 3 is 2.12 bits per heavy atom. The summed E-state index contributed by atoms with van der Waals surface area (Å²) < 4.78 is 6.10. The standard InChI is InChI=1S/C50H65NO5/c1-45-16-13-39(52)27-48(45)19-20-50(41(28-48)44(54)38-11-7-4-8-12-38)42(45)14-17-46(2)43(50)15-18-49(46,55)33-51(29-40(53)31-56-30-34-9-5-3-6-10-34)32-47-24-35-21-36(25-47)23-37(22-35)26-47/h3-12,19-20,28,35-37,39-40,42-43,52-53,55H,13-18,21-27,29-33H2,1-2H3/t35?,36?,37?,39?,40-,42-,43-,45-,46+,47?,48+,49-,50-/m1/s1. The molecule has 6 heteroatoms. The van der Waals surface area contributed by atoms with Gasteiger partial charge in [0.1, 0.15) is 0 Å². The van der Waals surface area contributed by atoms with E-state index in [1.54, 1.807) is 0 Å². The van der Waals surface area contributed by atoms with Crippen LogP contribution in [0.4, 0.5) is 0 Å². The minimum absolute atomic E-state index is 0.0577. The van der Waals surface area contributed by atoms with Crippen LogP contribution in [0.1, 0.15) is 113 Å². The van der Waals surface area contributed by atoms with Crippen LogP contribution in [0.15, 0.2) is 84.5 Å². The fourth-order valence-corrected chi connectivity index (χ4v) is 16.1. The van der Waals surface area contributed by atoms with Crippen molar-refractivity contribution in [3.63, 3.8) is 0 Å². The molecule has 0 amide bonds. The van der Waals surface area contributed by atoms with Gasteiger partial charge in [0.15, 0.2) is 5.78 Å². The molecule has 0 aromatic heterocycles. The number of hydrogen-bond donors (Lipinski definition) is 3. The molecule has 0 aliphatic heterocycles. The Bertz CT molecular complexity index is 1840. The van der Waals surface area contributed by atoms with Gasteiger partial charge in [0.05, 0.1) is 31.0 Å². The average Bonchev–Trinajstić information content (AvgIpc) is 3.44. The molecule has 3 N–H and O–H groups in total. The molecule has 12 rings (SSSR count). The van der Waals surface area contributed by atoms with Crippen molar-refractivity contribution in [2.24, 2.45) is 56.7 Å². The lowest BCUT2D eigenvalue weighted by molar-refractivity contribution is -0.179. The summed E-state index contributed by atoms with van der Waals surface area (Å²) in [5, 5.41) is 36.2. The minimum atomic E-state index is -0.964. The van der Waals surface area contributed by atoms with Crippen molar-refractivity contribution >= 4 is 5.78 Å². The number of Topliss-reactive ketones (excluding diaryl/α,β-unsaturated/α-hetero) is 1. The van der Waals surface area contributed by atoms with Crippen LogP contribution in [-0.2, 0) is 11.3 Å². The number of ether oxygens (including phenoxy) is 1. The van der Waals surface area contributed by atoms with Crippen molar-refractivity contribution in [3.05, 3.63) is 95.6 Å². The summed E-state index contributed by atoms with van der Waals surface area (Å²) in [6.45, 7) is 7.54. The quantitative estimate of drug-likeness (QED) is 0.149. The summed E-state index contributed by atoms with van der Waals surface area (Å²) in [5.41, 5.74) is 0.765. The Hall–Kier alpha value is -2.61. The largest absolute Gasteiger partial charge is 0.393 e. The van der Waals surface area contributed by atoms with Gasteiger partial charge in [-0.25, -0.2) is 0 Å². The number of hydrogen-bond acceptors (Lipinski definition) is 6. The van der Waals surface area contributed by atoms with Crippen molar-refractivity contribution in [1.82, 2.24) is 4.90 Å². The molecule has 2 aromatic rings. The number of rotatable bonds is 12. The highest BCUT2D eigenvalue weighted by Gasteiger charge is 2.74. The van der Waals surface area contributed by atoms with Crippen LogP contribution in [-0.4, -0.2) is 70.1 Å². The highest BCUT2D eigenvalue weighted by molar-refractivity contribution is 6.10.